The van der Waals surface area contributed by atoms with Crippen molar-refractivity contribution in [2.24, 2.45) is 0 Å². The van der Waals surface area contributed by atoms with Crippen molar-refractivity contribution in [1.82, 2.24) is 20.2 Å². The molecule has 3 rings (SSSR count). The van der Waals surface area contributed by atoms with E-state index in [9.17, 15) is 19.5 Å². The fraction of sp³-hybridized carbons (Fsp3) is 0.412. The Morgan fingerprint density at radius 1 is 1.30 bits per heavy atom. The second kappa shape index (κ2) is 8.30. The van der Waals surface area contributed by atoms with Crippen LogP contribution in [0.4, 0.5) is 10.7 Å². The summed E-state index contributed by atoms with van der Waals surface area (Å²) in [6, 6.07) is 6.37. The molecule has 0 bridgehead atoms. The monoisotopic (exact) mass is 390 g/mol. The van der Waals surface area contributed by atoms with E-state index < -0.39 is 30.5 Å². The van der Waals surface area contributed by atoms with E-state index >= 15 is 0 Å². The van der Waals surface area contributed by atoms with Crippen molar-refractivity contribution < 1.29 is 19.5 Å². The number of carboxylic acid groups (broad SMARTS) is 1. The molecule has 0 saturated carbocycles. The van der Waals surface area contributed by atoms with Gasteiger partial charge in [0.05, 0.1) is 23.5 Å². The van der Waals surface area contributed by atoms with E-state index in [1.807, 2.05) is 35.1 Å². The largest absolute Gasteiger partial charge is 0.548 e. The van der Waals surface area contributed by atoms with Crippen LogP contribution in [0.2, 0.25) is 0 Å². The molecule has 0 aliphatic carbocycles. The zero-order chi connectivity index (χ0) is 19.4. The Bertz CT molecular complexity index is 868. The molecule has 10 heteroatoms. The molecule has 0 radical (unpaired) electrons. The number of rotatable bonds is 7. The van der Waals surface area contributed by atoms with Gasteiger partial charge in [0.2, 0.25) is 11.9 Å². The van der Waals surface area contributed by atoms with Gasteiger partial charge in [0.15, 0.2) is 0 Å². The summed E-state index contributed by atoms with van der Waals surface area (Å²) < 4.78 is 1.96. The molecule has 0 spiro atoms. The van der Waals surface area contributed by atoms with Crippen molar-refractivity contribution >= 4 is 46.7 Å². The highest BCUT2D eigenvalue weighted by Gasteiger charge is 2.30. The van der Waals surface area contributed by atoms with E-state index in [-0.39, 0.29) is 0 Å². The number of anilines is 1. The normalized spacial score (nSPS) is 14.0. The van der Waals surface area contributed by atoms with E-state index in [1.165, 1.54) is 16.7 Å². The number of para-hydroxylation sites is 2. The average molecular weight is 390 g/mol. The zero-order valence-corrected chi connectivity index (χ0v) is 15.6. The van der Waals surface area contributed by atoms with Crippen LogP contribution in [-0.4, -0.2) is 58.6 Å². The van der Waals surface area contributed by atoms with Crippen molar-refractivity contribution in [3.8, 4) is 0 Å². The SMILES string of the molecule is CSCC[C@H](NC(=O)N1CCn2c1nc1ccccc12)C(=O)NCC(=O)[O-]. The molecule has 1 aromatic heterocycles. The van der Waals surface area contributed by atoms with Crippen LogP contribution in [0.25, 0.3) is 11.0 Å². The minimum Gasteiger partial charge on any atom is -0.548 e. The minimum atomic E-state index is -1.38. The Labute approximate surface area is 160 Å². The number of thioether (sulfide) groups is 1. The van der Waals surface area contributed by atoms with Gasteiger partial charge in [0.25, 0.3) is 0 Å². The lowest BCUT2D eigenvalue weighted by Gasteiger charge is -2.22. The van der Waals surface area contributed by atoms with Crippen molar-refractivity contribution in [3.63, 3.8) is 0 Å². The van der Waals surface area contributed by atoms with Gasteiger partial charge >= 0.3 is 6.03 Å². The molecule has 3 amide bonds. The third kappa shape index (κ3) is 4.16. The van der Waals surface area contributed by atoms with Crippen LogP contribution >= 0.6 is 11.8 Å². The predicted molar refractivity (Wildman–Crippen MR) is 100 cm³/mol. The summed E-state index contributed by atoms with van der Waals surface area (Å²) >= 11 is 1.53. The maximum absolute atomic E-state index is 12.7. The molecule has 27 heavy (non-hydrogen) atoms. The molecule has 0 saturated heterocycles. The summed E-state index contributed by atoms with van der Waals surface area (Å²) in [7, 11) is 0. The number of aromatic nitrogens is 2. The highest BCUT2D eigenvalue weighted by molar-refractivity contribution is 7.98. The van der Waals surface area contributed by atoms with E-state index in [4.69, 9.17) is 0 Å². The number of aliphatic carboxylic acids is 1. The third-order valence-corrected chi connectivity index (χ3v) is 4.94. The molecule has 2 aromatic rings. The number of fused-ring (bicyclic) bond motifs is 3. The topological polar surface area (TPSA) is 119 Å². The lowest BCUT2D eigenvalue weighted by molar-refractivity contribution is -0.304. The van der Waals surface area contributed by atoms with Gasteiger partial charge in [-0.05, 0) is 30.6 Å². The number of carbonyl (C=O) groups is 3. The van der Waals surface area contributed by atoms with Crippen molar-refractivity contribution in [1.29, 1.82) is 0 Å². The molecule has 0 unspecified atom stereocenters. The second-order valence-corrected chi connectivity index (χ2v) is 7.06. The number of nitrogens with zero attached hydrogens (tertiary/aromatic N) is 3. The number of nitrogens with one attached hydrogen (secondary N) is 2. The first-order chi connectivity index (χ1) is 13.0. The molecule has 1 aliphatic heterocycles. The van der Waals surface area contributed by atoms with Crippen molar-refractivity contribution in [2.45, 2.75) is 19.0 Å². The Morgan fingerprint density at radius 3 is 2.81 bits per heavy atom. The van der Waals surface area contributed by atoms with Crippen LogP contribution in [0, 0.1) is 0 Å². The summed E-state index contributed by atoms with van der Waals surface area (Å²) in [6.07, 6.45) is 2.27. The molecule has 9 nitrogen and oxygen atoms in total. The molecule has 1 atom stereocenters. The summed E-state index contributed by atoms with van der Waals surface area (Å²) in [5.41, 5.74) is 1.75. The Kier molecular flexibility index (Phi) is 5.84. The fourth-order valence-electron chi connectivity index (χ4n) is 3.00. The van der Waals surface area contributed by atoms with Crippen LogP contribution in [0.15, 0.2) is 24.3 Å². The number of hydrogen-bond acceptors (Lipinski definition) is 6. The van der Waals surface area contributed by atoms with Crippen molar-refractivity contribution in [2.75, 3.05) is 30.0 Å². The van der Waals surface area contributed by atoms with E-state index in [1.54, 1.807) is 0 Å². The second-order valence-electron chi connectivity index (χ2n) is 6.08. The smallest absolute Gasteiger partial charge is 0.324 e. The first-order valence-electron chi connectivity index (χ1n) is 8.51. The summed E-state index contributed by atoms with van der Waals surface area (Å²) in [6.45, 7) is 0.481. The summed E-state index contributed by atoms with van der Waals surface area (Å²) in [5.74, 6) is -0.754. The van der Waals surface area contributed by atoms with Crippen LogP contribution in [0.5, 0.6) is 0 Å². The molecular weight excluding hydrogens is 370 g/mol. The molecule has 2 N–H and O–H groups in total. The first-order valence-corrected chi connectivity index (χ1v) is 9.90. The molecule has 0 fully saturated rings. The van der Waals surface area contributed by atoms with E-state index in [2.05, 4.69) is 15.6 Å². The van der Waals surface area contributed by atoms with Gasteiger partial charge in [-0.3, -0.25) is 9.69 Å². The number of imidazole rings is 1. The maximum Gasteiger partial charge on any atom is 0.324 e. The Morgan fingerprint density at radius 2 is 2.07 bits per heavy atom. The Hall–Kier alpha value is -2.75. The standard InChI is InChI=1S/C17H21N5O4S/c1-27-9-6-12(15(25)18-10-14(23)24)20-17(26)22-8-7-21-13-5-3-2-4-11(13)19-16(21)22/h2-5,12H,6-10H2,1H3,(H,18,25)(H,20,26)(H,23,24)/p-1/t12-/m0/s1. The Balaban J connectivity index is 1.72. The van der Waals surface area contributed by atoms with Gasteiger partial charge in [-0.25, -0.2) is 9.78 Å². The lowest BCUT2D eigenvalue weighted by atomic mass is 10.2. The molecule has 2 heterocycles. The summed E-state index contributed by atoms with van der Waals surface area (Å²) in [4.78, 5) is 41.5. The van der Waals surface area contributed by atoms with Gasteiger partial charge < -0.3 is 25.1 Å². The summed E-state index contributed by atoms with van der Waals surface area (Å²) in [5, 5.41) is 15.5. The number of hydrogen-bond donors (Lipinski definition) is 2. The number of carbonyl (C=O) groups excluding carboxylic acids is 3. The van der Waals surface area contributed by atoms with Crippen LogP contribution < -0.4 is 20.6 Å². The van der Waals surface area contributed by atoms with E-state index in [0.717, 1.165) is 11.0 Å². The number of carboxylic acids is 1. The first kappa shape index (κ1) is 19.0. The van der Waals surface area contributed by atoms with Gasteiger partial charge in [-0.15, -0.1) is 0 Å². The third-order valence-electron chi connectivity index (χ3n) is 4.30. The highest BCUT2D eigenvalue weighted by atomic mass is 32.2. The quantitative estimate of drug-likeness (QED) is 0.661. The van der Waals surface area contributed by atoms with Gasteiger partial charge in [0, 0.05) is 13.1 Å². The van der Waals surface area contributed by atoms with Crippen LogP contribution in [0.3, 0.4) is 0 Å². The van der Waals surface area contributed by atoms with Crippen molar-refractivity contribution in [3.05, 3.63) is 24.3 Å². The molecule has 144 valence electrons. The zero-order valence-electron chi connectivity index (χ0n) is 14.8. The molecular formula is C17H20N5O4S-. The van der Waals surface area contributed by atoms with Crippen LogP contribution in [-0.2, 0) is 16.1 Å². The maximum atomic E-state index is 12.7. The van der Waals surface area contributed by atoms with Gasteiger partial charge in [0.1, 0.15) is 6.04 Å². The van der Waals surface area contributed by atoms with Crippen LogP contribution in [0.1, 0.15) is 6.42 Å². The number of urea groups is 1. The average Bonchev–Trinajstić information content (AvgIpc) is 3.22. The molecule has 1 aromatic carbocycles. The fourth-order valence-corrected chi connectivity index (χ4v) is 3.47. The minimum absolute atomic E-state index is 0.385. The predicted octanol–water partition coefficient (Wildman–Crippen LogP) is -0.446. The van der Waals surface area contributed by atoms with Gasteiger partial charge in [-0.2, -0.15) is 11.8 Å². The lowest BCUT2D eigenvalue weighted by Crippen LogP contribution is -2.52. The molecule has 1 aliphatic rings. The number of benzene rings is 1. The van der Waals surface area contributed by atoms with E-state index in [0.29, 0.717) is 31.2 Å². The van der Waals surface area contributed by atoms with Gasteiger partial charge in [-0.1, -0.05) is 12.1 Å². The highest BCUT2D eigenvalue weighted by Crippen LogP contribution is 2.27. The number of amides is 3.